The van der Waals surface area contributed by atoms with Crippen LogP contribution in [0.5, 0.6) is 0 Å². The van der Waals surface area contributed by atoms with Gasteiger partial charge in [-0.15, -0.1) is 10.2 Å². The summed E-state index contributed by atoms with van der Waals surface area (Å²) >= 11 is 0. The largest absolute Gasteiger partial charge is 0.309 e. The van der Waals surface area contributed by atoms with Gasteiger partial charge in [0.2, 0.25) is 0 Å². The van der Waals surface area contributed by atoms with Gasteiger partial charge in [-0.1, -0.05) is 140 Å². The van der Waals surface area contributed by atoms with Crippen molar-refractivity contribution < 1.29 is 0 Å². The minimum Gasteiger partial charge on any atom is -0.309 e. The van der Waals surface area contributed by atoms with Gasteiger partial charge in [-0.3, -0.25) is 4.57 Å². The fourth-order valence-corrected chi connectivity index (χ4v) is 9.89. The van der Waals surface area contributed by atoms with Crippen LogP contribution in [0.2, 0.25) is 0 Å². The number of hydrogen-bond acceptors (Lipinski definition) is 2. The summed E-state index contributed by atoms with van der Waals surface area (Å²) in [5.74, 6) is 1.59. The molecule has 6 nitrogen and oxygen atoms in total. The summed E-state index contributed by atoms with van der Waals surface area (Å²) in [6, 6.07) is 78.0. The van der Waals surface area contributed by atoms with Crippen LogP contribution < -0.4 is 0 Å². The van der Waals surface area contributed by atoms with Crippen molar-refractivity contribution in [1.82, 2.24) is 28.5 Å². The average Bonchev–Trinajstić information content (AvgIpc) is 4.11. The zero-order valence-corrected chi connectivity index (χ0v) is 33.5. The highest BCUT2D eigenvalue weighted by molar-refractivity contribution is 6.26. The Labute approximate surface area is 356 Å². The molecular weight excluding hydrogens is 757 g/mol. The topological polar surface area (TPSA) is 45.5 Å². The molecule has 0 fully saturated rings. The normalized spacial score (nSPS) is 11.9. The van der Waals surface area contributed by atoms with Gasteiger partial charge in [-0.05, 0) is 78.9 Å². The van der Waals surface area contributed by atoms with Crippen LogP contribution in [-0.2, 0) is 0 Å². The lowest BCUT2D eigenvalue weighted by atomic mass is 10.1. The van der Waals surface area contributed by atoms with Crippen molar-refractivity contribution in [3.05, 3.63) is 218 Å². The molecule has 13 aromatic rings. The van der Waals surface area contributed by atoms with E-state index in [9.17, 15) is 0 Å². The van der Waals surface area contributed by atoms with Crippen LogP contribution in [0.3, 0.4) is 0 Å². The molecule has 4 aromatic heterocycles. The highest BCUT2D eigenvalue weighted by Gasteiger charge is 2.24. The van der Waals surface area contributed by atoms with Crippen LogP contribution in [-0.4, -0.2) is 28.5 Å². The predicted octanol–water partition coefficient (Wildman–Crippen LogP) is 13.9. The lowest BCUT2D eigenvalue weighted by molar-refractivity contribution is 1.07. The van der Waals surface area contributed by atoms with Gasteiger partial charge in [0.05, 0.1) is 44.5 Å². The van der Waals surface area contributed by atoms with Crippen LogP contribution in [0.1, 0.15) is 0 Å². The second-order valence-electron chi connectivity index (χ2n) is 15.9. The van der Waals surface area contributed by atoms with Gasteiger partial charge in [0.15, 0.2) is 11.6 Å². The molecule has 6 heteroatoms. The monoisotopic (exact) mass is 792 g/mol. The highest BCUT2D eigenvalue weighted by atomic mass is 15.3. The smallest absolute Gasteiger partial charge is 0.168 e. The molecule has 0 amide bonds. The summed E-state index contributed by atoms with van der Waals surface area (Å²) in [5, 5.41) is 16.9. The molecule has 0 spiro atoms. The molecule has 0 unspecified atom stereocenters. The van der Waals surface area contributed by atoms with E-state index in [1.165, 1.54) is 38.0 Å². The molecule has 0 aliphatic rings. The SMILES string of the molecule is c1ccc(-c2nnc(-c3ccc4c(c3)c3ccccc3n4-c3ccccc3-n3c4ccccc4c4c3ccc3c5ccccc5n(-c5ccccc5)c34)n2-c2ccccc2)cc1. The molecule has 0 bridgehead atoms. The molecule has 0 saturated carbocycles. The van der Waals surface area contributed by atoms with Crippen molar-refractivity contribution in [3.63, 3.8) is 0 Å². The number of rotatable bonds is 6. The quantitative estimate of drug-likeness (QED) is 0.168. The maximum Gasteiger partial charge on any atom is 0.168 e. The Kier molecular flexibility index (Phi) is 7.50. The Bertz CT molecular complexity index is 3850. The van der Waals surface area contributed by atoms with E-state index in [0.717, 1.165) is 73.0 Å². The van der Waals surface area contributed by atoms with Crippen LogP contribution in [0.15, 0.2) is 218 Å². The van der Waals surface area contributed by atoms with E-state index < -0.39 is 0 Å². The second kappa shape index (κ2) is 13.5. The Morgan fingerprint density at radius 1 is 0.274 bits per heavy atom. The third-order valence-corrected chi connectivity index (χ3v) is 12.5. The molecule has 62 heavy (non-hydrogen) atoms. The van der Waals surface area contributed by atoms with Gasteiger partial charge in [-0.25, -0.2) is 0 Å². The number of aromatic nitrogens is 6. The maximum atomic E-state index is 4.86. The van der Waals surface area contributed by atoms with Crippen molar-refractivity contribution in [3.8, 4) is 45.5 Å². The fraction of sp³-hybridized carbons (Fsp3) is 0. The minimum atomic E-state index is 0.790. The molecule has 0 N–H and O–H groups in total. The summed E-state index contributed by atoms with van der Waals surface area (Å²) < 4.78 is 9.51. The van der Waals surface area contributed by atoms with Crippen molar-refractivity contribution >= 4 is 65.4 Å². The summed E-state index contributed by atoms with van der Waals surface area (Å²) in [6.45, 7) is 0. The average molecular weight is 793 g/mol. The molecule has 9 aromatic carbocycles. The summed E-state index contributed by atoms with van der Waals surface area (Å²) in [6.07, 6.45) is 0. The predicted molar refractivity (Wildman–Crippen MR) is 255 cm³/mol. The van der Waals surface area contributed by atoms with Crippen LogP contribution in [0, 0.1) is 0 Å². The van der Waals surface area contributed by atoms with Crippen LogP contribution >= 0.6 is 0 Å². The Hall–Kier alpha value is -8.48. The molecule has 0 saturated heterocycles. The van der Waals surface area contributed by atoms with E-state index in [4.69, 9.17) is 10.2 Å². The van der Waals surface area contributed by atoms with Gasteiger partial charge in [0.25, 0.3) is 0 Å². The minimum absolute atomic E-state index is 0.790. The number of benzene rings is 9. The van der Waals surface area contributed by atoms with Crippen molar-refractivity contribution in [1.29, 1.82) is 0 Å². The van der Waals surface area contributed by atoms with E-state index in [0.29, 0.717) is 0 Å². The van der Waals surface area contributed by atoms with Crippen molar-refractivity contribution in [2.24, 2.45) is 0 Å². The summed E-state index contributed by atoms with van der Waals surface area (Å²) in [7, 11) is 0. The van der Waals surface area contributed by atoms with Crippen molar-refractivity contribution in [2.45, 2.75) is 0 Å². The lowest BCUT2D eigenvalue weighted by Crippen LogP contribution is -2.03. The molecule has 290 valence electrons. The van der Waals surface area contributed by atoms with E-state index in [-0.39, 0.29) is 0 Å². The Morgan fingerprint density at radius 3 is 1.39 bits per heavy atom. The first-order valence-electron chi connectivity index (χ1n) is 21.0. The third kappa shape index (κ3) is 4.98. The number of nitrogens with zero attached hydrogens (tertiary/aromatic N) is 6. The molecule has 0 aliphatic carbocycles. The first-order valence-corrected chi connectivity index (χ1v) is 21.0. The Balaban J connectivity index is 1.06. The third-order valence-electron chi connectivity index (χ3n) is 12.5. The zero-order valence-electron chi connectivity index (χ0n) is 33.5. The Morgan fingerprint density at radius 2 is 0.726 bits per heavy atom. The van der Waals surface area contributed by atoms with E-state index in [2.05, 4.69) is 212 Å². The van der Waals surface area contributed by atoms with Gasteiger partial charge in [0, 0.05) is 54.8 Å². The van der Waals surface area contributed by atoms with E-state index >= 15 is 0 Å². The lowest BCUT2D eigenvalue weighted by Gasteiger charge is -2.17. The maximum absolute atomic E-state index is 4.86. The van der Waals surface area contributed by atoms with Gasteiger partial charge >= 0.3 is 0 Å². The second-order valence-corrected chi connectivity index (χ2v) is 15.9. The molecule has 0 atom stereocenters. The highest BCUT2D eigenvalue weighted by Crippen LogP contribution is 2.44. The molecule has 0 radical (unpaired) electrons. The van der Waals surface area contributed by atoms with Crippen LogP contribution in [0.25, 0.3) is 111 Å². The number of para-hydroxylation sites is 7. The van der Waals surface area contributed by atoms with Gasteiger partial charge in [0.1, 0.15) is 0 Å². The van der Waals surface area contributed by atoms with E-state index in [1.807, 2.05) is 24.3 Å². The zero-order chi connectivity index (χ0) is 40.7. The number of hydrogen-bond donors (Lipinski definition) is 0. The number of fused-ring (bicyclic) bond motifs is 10. The van der Waals surface area contributed by atoms with Crippen LogP contribution in [0.4, 0.5) is 0 Å². The standard InChI is InChI=1S/C56H36N6/c1-4-18-37(19-5-1)55-57-58-56(60(55)40-22-8-3-9-23-40)38-32-34-49-45(36-38)42-25-11-14-28-47(42)61(49)50-30-16-17-31-51(50)62-48-29-15-12-26-44(48)53-52(62)35-33-43-41-24-10-13-27-46(41)59(54(43)53)39-20-6-2-7-21-39/h1-36H. The fourth-order valence-electron chi connectivity index (χ4n) is 9.89. The summed E-state index contributed by atoms with van der Waals surface area (Å²) in [5.41, 5.74) is 13.3. The molecule has 4 heterocycles. The van der Waals surface area contributed by atoms with Gasteiger partial charge in [-0.2, -0.15) is 0 Å². The molecular formula is C56H36N6. The van der Waals surface area contributed by atoms with Gasteiger partial charge < -0.3 is 13.7 Å². The van der Waals surface area contributed by atoms with Crippen molar-refractivity contribution in [2.75, 3.05) is 0 Å². The van der Waals surface area contributed by atoms with E-state index in [1.54, 1.807) is 0 Å². The summed E-state index contributed by atoms with van der Waals surface area (Å²) in [4.78, 5) is 0. The molecule has 13 rings (SSSR count). The first kappa shape index (κ1) is 34.4. The first-order chi connectivity index (χ1) is 30.8. The molecule has 0 aliphatic heterocycles.